The second-order valence-electron chi connectivity index (χ2n) is 5.31. The topological polar surface area (TPSA) is 63.3 Å². The number of carbonyl (C=O) groups excluding carboxylic acids is 1. The van der Waals surface area contributed by atoms with E-state index in [1.807, 2.05) is 0 Å². The van der Waals surface area contributed by atoms with Gasteiger partial charge in [-0.1, -0.05) is 12.1 Å². The van der Waals surface area contributed by atoms with Crippen LogP contribution in [0.15, 0.2) is 36.4 Å². The van der Waals surface area contributed by atoms with Crippen molar-refractivity contribution in [2.75, 3.05) is 19.5 Å². The number of hydrogen-bond acceptors (Lipinski definition) is 3. The zero-order chi connectivity index (χ0) is 17.3. The third kappa shape index (κ3) is 2.67. The van der Waals surface area contributed by atoms with Crippen molar-refractivity contribution in [3.8, 4) is 11.5 Å². The number of ether oxygens (including phenoxy) is 2. The van der Waals surface area contributed by atoms with Gasteiger partial charge >= 0.3 is 0 Å². The van der Waals surface area contributed by atoms with Crippen LogP contribution in [0.1, 0.15) is 16.1 Å². The Hall–Kier alpha value is -3.02. The average molecular weight is 328 g/mol. The molecular formula is C18H17FN2O3. The van der Waals surface area contributed by atoms with Gasteiger partial charge in [-0.15, -0.1) is 0 Å². The Balaban J connectivity index is 1.99. The van der Waals surface area contributed by atoms with Crippen LogP contribution in [0.25, 0.3) is 10.9 Å². The number of anilines is 1. The van der Waals surface area contributed by atoms with Crippen LogP contribution in [0.3, 0.4) is 0 Å². The molecule has 0 unspecified atom stereocenters. The summed E-state index contributed by atoms with van der Waals surface area (Å²) in [5.41, 5.74) is 1.83. The lowest BCUT2D eigenvalue weighted by Gasteiger charge is -2.11. The van der Waals surface area contributed by atoms with Gasteiger partial charge in [0.05, 0.1) is 31.0 Å². The summed E-state index contributed by atoms with van der Waals surface area (Å²) in [6.07, 6.45) is 0. The molecule has 0 radical (unpaired) electrons. The summed E-state index contributed by atoms with van der Waals surface area (Å²) < 4.78 is 24.3. The number of hydrogen-bond donors (Lipinski definition) is 2. The molecular weight excluding hydrogens is 311 g/mol. The minimum absolute atomic E-state index is 0.321. The molecule has 24 heavy (non-hydrogen) atoms. The van der Waals surface area contributed by atoms with E-state index < -0.39 is 5.82 Å². The largest absolute Gasteiger partial charge is 0.497 e. The first-order valence-corrected chi connectivity index (χ1v) is 7.35. The minimum Gasteiger partial charge on any atom is -0.497 e. The lowest BCUT2D eigenvalue weighted by molar-refractivity contribution is 0.102. The van der Waals surface area contributed by atoms with Crippen molar-refractivity contribution in [2.24, 2.45) is 0 Å². The fourth-order valence-corrected chi connectivity index (χ4v) is 2.69. The molecule has 3 aromatic rings. The molecule has 2 aromatic carbocycles. The Morgan fingerprint density at radius 1 is 1.17 bits per heavy atom. The van der Waals surface area contributed by atoms with Gasteiger partial charge in [0, 0.05) is 17.1 Å². The predicted octanol–water partition coefficient (Wildman–Crippen LogP) is 3.88. The molecule has 3 rings (SSSR count). The quantitative estimate of drug-likeness (QED) is 0.764. The Labute approximate surface area is 138 Å². The maximum Gasteiger partial charge on any atom is 0.258 e. The number of aromatic amines is 1. The molecule has 0 aliphatic carbocycles. The van der Waals surface area contributed by atoms with Crippen LogP contribution in [-0.2, 0) is 0 Å². The van der Waals surface area contributed by atoms with Crippen molar-refractivity contribution in [2.45, 2.75) is 6.92 Å². The summed E-state index contributed by atoms with van der Waals surface area (Å²) in [4.78, 5) is 15.6. The molecule has 1 heterocycles. The van der Waals surface area contributed by atoms with E-state index >= 15 is 0 Å². The number of fused-ring (bicyclic) bond motifs is 1. The van der Waals surface area contributed by atoms with Crippen LogP contribution in [0.4, 0.5) is 10.1 Å². The highest BCUT2D eigenvalue weighted by molar-refractivity contribution is 6.14. The number of nitrogens with one attached hydrogen (secondary N) is 2. The number of aryl methyl sites for hydroxylation is 1. The van der Waals surface area contributed by atoms with Crippen molar-refractivity contribution < 1.29 is 18.7 Å². The number of H-pyrrole nitrogens is 1. The number of carbonyl (C=O) groups is 1. The number of para-hydroxylation sites is 1. The second-order valence-corrected chi connectivity index (χ2v) is 5.31. The Morgan fingerprint density at radius 3 is 2.67 bits per heavy atom. The summed E-state index contributed by atoms with van der Waals surface area (Å²) in [7, 11) is 3.06. The fourth-order valence-electron chi connectivity index (χ4n) is 2.69. The van der Waals surface area contributed by atoms with E-state index in [0.29, 0.717) is 39.3 Å². The van der Waals surface area contributed by atoms with Gasteiger partial charge in [0.1, 0.15) is 17.3 Å². The van der Waals surface area contributed by atoms with Gasteiger partial charge in [-0.05, 0) is 25.1 Å². The van der Waals surface area contributed by atoms with E-state index in [1.165, 1.54) is 13.2 Å². The molecule has 124 valence electrons. The van der Waals surface area contributed by atoms with Gasteiger partial charge < -0.3 is 19.8 Å². The number of amides is 1. The highest BCUT2D eigenvalue weighted by atomic mass is 19.1. The smallest absolute Gasteiger partial charge is 0.258 e. The molecule has 1 aromatic heterocycles. The molecule has 0 spiro atoms. The van der Waals surface area contributed by atoms with Crippen molar-refractivity contribution in [1.82, 2.24) is 4.98 Å². The van der Waals surface area contributed by atoms with Crippen LogP contribution in [0.2, 0.25) is 0 Å². The highest BCUT2D eigenvalue weighted by Crippen LogP contribution is 2.31. The van der Waals surface area contributed by atoms with E-state index in [2.05, 4.69) is 10.3 Å². The van der Waals surface area contributed by atoms with Crippen LogP contribution < -0.4 is 14.8 Å². The SMILES string of the molecule is COc1ccc(NC(=O)c2c(C)[nH]c3c(F)cccc23)c(OC)c1. The van der Waals surface area contributed by atoms with Crippen LogP contribution >= 0.6 is 0 Å². The molecule has 0 aliphatic rings. The maximum atomic E-state index is 13.9. The third-order valence-corrected chi connectivity index (χ3v) is 3.85. The number of halogens is 1. The van der Waals surface area contributed by atoms with E-state index in [-0.39, 0.29) is 5.91 Å². The van der Waals surface area contributed by atoms with Gasteiger partial charge in [0.15, 0.2) is 0 Å². The number of benzene rings is 2. The van der Waals surface area contributed by atoms with Gasteiger partial charge in [0.25, 0.3) is 5.91 Å². The first-order chi connectivity index (χ1) is 11.5. The van der Waals surface area contributed by atoms with Crippen molar-refractivity contribution >= 4 is 22.5 Å². The summed E-state index contributed by atoms with van der Waals surface area (Å²) in [5, 5.41) is 3.34. The molecule has 6 heteroatoms. The van der Waals surface area contributed by atoms with E-state index in [1.54, 1.807) is 44.4 Å². The molecule has 1 amide bonds. The second kappa shape index (κ2) is 6.23. The number of aromatic nitrogens is 1. The molecule has 0 saturated carbocycles. The Bertz CT molecular complexity index is 918. The lowest BCUT2D eigenvalue weighted by atomic mass is 10.1. The van der Waals surface area contributed by atoms with Crippen LogP contribution in [-0.4, -0.2) is 25.1 Å². The van der Waals surface area contributed by atoms with E-state index in [0.717, 1.165) is 0 Å². The van der Waals surface area contributed by atoms with Gasteiger partial charge in [-0.2, -0.15) is 0 Å². The van der Waals surface area contributed by atoms with Crippen LogP contribution in [0, 0.1) is 12.7 Å². The third-order valence-electron chi connectivity index (χ3n) is 3.85. The van der Waals surface area contributed by atoms with Crippen molar-refractivity contribution in [3.05, 3.63) is 53.5 Å². The van der Waals surface area contributed by atoms with Gasteiger partial charge in [-0.3, -0.25) is 4.79 Å². The molecule has 0 atom stereocenters. The van der Waals surface area contributed by atoms with Crippen molar-refractivity contribution in [3.63, 3.8) is 0 Å². The van der Waals surface area contributed by atoms with Crippen molar-refractivity contribution in [1.29, 1.82) is 0 Å². The molecule has 0 bridgehead atoms. The molecule has 2 N–H and O–H groups in total. The maximum absolute atomic E-state index is 13.9. The lowest BCUT2D eigenvalue weighted by Crippen LogP contribution is -2.13. The van der Waals surface area contributed by atoms with Gasteiger partial charge in [0.2, 0.25) is 0 Å². The van der Waals surface area contributed by atoms with E-state index in [9.17, 15) is 9.18 Å². The summed E-state index contributed by atoms with van der Waals surface area (Å²) in [5.74, 6) is 0.367. The molecule has 0 saturated heterocycles. The number of methoxy groups -OCH3 is 2. The summed E-state index contributed by atoms with van der Waals surface area (Å²) in [6.45, 7) is 1.74. The minimum atomic E-state index is -0.392. The highest BCUT2D eigenvalue weighted by Gasteiger charge is 2.19. The molecule has 0 fully saturated rings. The summed E-state index contributed by atoms with van der Waals surface area (Å²) >= 11 is 0. The first-order valence-electron chi connectivity index (χ1n) is 7.35. The Kier molecular flexibility index (Phi) is 4.12. The van der Waals surface area contributed by atoms with E-state index in [4.69, 9.17) is 9.47 Å². The fraction of sp³-hybridized carbons (Fsp3) is 0.167. The number of rotatable bonds is 4. The normalized spacial score (nSPS) is 10.7. The predicted molar refractivity (Wildman–Crippen MR) is 90.5 cm³/mol. The zero-order valence-corrected chi connectivity index (χ0v) is 13.6. The summed E-state index contributed by atoms with van der Waals surface area (Å²) in [6, 6.07) is 9.74. The first kappa shape index (κ1) is 15.9. The molecule has 0 aliphatic heterocycles. The van der Waals surface area contributed by atoms with Crippen LogP contribution in [0.5, 0.6) is 11.5 Å². The Morgan fingerprint density at radius 2 is 1.96 bits per heavy atom. The standard InChI is InChI=1S/C18H17FN2O3/c1-10-16(12-5-4-6-13(19)17(12)20-10)18(22)21-14-8-7-11(23-2)9-15(14)24-3/h4-9,20H,1-3H3,(H,21,22). The molecule has 5 nitrogen and oxygen atoms in total. The monoisotopic (exact) mass is 328 g/mol. The average Bonchev–Trinajstić information content (AvgIpc) is 2.92. The zero-order valence-electron chi connectivity index (χ0n) is 13.6. The van der Waals surface area contributed by atoms with Gasteiger partial charge in [-0.25, -0.2) is 4.39 Å².